The maximum atomic E-state index is 13.4. The van der Waals surface area contributed by atoms with Crippen LogP contribution in [0.25, 0.3) is 11.3 Å². The van der Waals surface area contributed by atoms with E-state index in [9.17, 15) is 13.6 Å². The Morgan fingerprint density at radius 3 is 2.47 bits per heavy atom. The Morgan fingerprint density at radius 2 is 1.78 bits per heavy atom. The molecule has 0 spiro atoms. The molecule has 1 aromatic heterocycles. The van der Waals surface area contributed by atoms with Crippen LogP contribution in [0.2, 0.25) is 0 Å². The molecule has 32 heavy (non-hydrogen) atoms. The Hall–Kier alpha value is -3.19. The van der Waals surface area contributed by atoms with Crippen molar-refractivity contribution in [2.45, 2.75) is 32.2 Å². The molecule has 0 atom stereocenters. The van der Waals surface area contributed by atoms with Crippen molar-refractivity contribution in [3.05, 3.63) is 77.0 Å². The highest BCUT2D eigenvalue weighted by Gasteiger charge is 2.24. The van der Waals surface area contributed by atoms with Crippen LogP contribution in [0, 0.1) is 0 Å². The lowest BCUT2D eigenvalue weighted by atomic mass is 10.0. The quantitative estimate of drug-likeness (QED) is 0.551. The molecule has 2 heterocycles. The number of alkyl halides is 2. The maximum absolute atomic E-state index is 13.4. The molecule has 0 amide bonds. The first kappa shape index (κ1) is 22.0. The Labute approximate surface area is 185 Å². The average molecular weight is 441 g/mol. The second-order valence-corrected chi connectivity index (χ2v) is 8.12. The number of benzene rings is 2. The topological polar surface area (TPSA) is 62.9 Å². The van der Waals surface area contributed by atoms with Gasteiger partial charge in [0.1, 0.15) is 17.3 Å². The van der Waals surface area contributed by atoms with Gasteiger partial charge in [0.25, 0.3) is 5.92 Å². The molecule has 5 nitrogen and oxygen atoms in total. The van der Waals surface area contributed by atoms with Crippen LogP contribution < -0.4 is 4.74 Å². The number of aliphatic carboxylic acids is 1. The van der Waals surface area contributed by atoms with E-state index in [0.29, 0.717) is 18.1 Å². The summed E-state index contributed by atoms with van der Waals surface area (Å²) in [6.07, 6.45) is 1.72. The number of nitrogens with zero attached hydrogens (tertiary/aromatic N) is 1. The van der Waals surface area contributed by atoms with Crippen LogP contribution in [0.5, 0.6) is 5.75 Å². The van der Waals surface area contributed by atoms with E-state index in [1.165, 1.54) is 23.3 Å². The molecule has 3 aromatic rings. The number of ether oxygens (including phenoxy) is 1. The lowest BCUT2D eigenvalue weighted by molar-refractivity contribution is -0.139. The summed E-state index contributed by atoms with van der Waals surface area (Å²) in [6, 6.07) is 15.7. The van der Waals surface area contributed by atoms with Gasteiger partial charge >= 0.3 is 5.97 Å². The fraction of sp³-hybridized carbons (Fsp3) is 0.320. The van der Waals surface area contributed by atoms with Gasteiger partial charge in [0, 0.05) is 31.1 Å². The molecule has 0 aliphatic carbocycles. The summed E-state index contributed by atoms with van der Waals surface area (Å²) in [5.41, 5.74) is 3.15. The van der Waals surface area contributed by atoms with Crippen molar-refractivity contribution < 1.29 is 27.8 Å². The summed E-state index contributed by atoms with van der Waals surface area (Å²) in [5, 5.41) is 8.78. The number of carboxylic acids is 1. The predicted octanol–water partition coefficient (Wildman–Crippen LogP) is 5.12. The van der Waals surface area contributed by atoms with Gasteiger partial charge in [-0.1, -0.05) is 30.3 Å². The van der Waals surface area contributed by atoms with Gasteiger partial charge in [0.2, 0.25) is 0 Å². The second-order valence-electron chi connectivity index (χ2n) is 8.12. The standard InChI is InChI=1S/C25H25F2NO4/c1-25(26,27)20-5-2-18(3-6-20)23-9-8-22(32-23)15-28-12-10-17-4-7-21(31-16-24(29)30)14-19(17)11-13-28/h2-9,14H,10-13,15-16H2,1H3,(H,29,30). The fourth-order valence-corrected chi connectivity index (χ4v) is 3.91. The van der Waals surface area contributed by atoms with Gasteiger partial charge < -0.3 is 14.3 Å². The SMILES string of the molecule is CC(F)(F)c1ccc(-c2ccc(CN3CCc4ccc(OCC(=O)O)cc4CC3)o2)cc1. The maximum Gasteiger partial charge on any atom is 0.341 e. The van der Waals surface area contributed by atoms with Crippen molar-refractivity contribution in [3.63, 3.8) is 0 Å². The number of hydrogen-bond acceptors (Lipinski definition) is 4. The van der Waals surface area contributed by atoms with Crippen molar-refractivity contribution >= 4 is 5.97 Å². The van der Waals surface area contributed by atoms with E-state index in [0.717, 1.165) is 44.2 Å². The van der Waals surface area contributed by atoms with Gasteiger partial charge in [-0.05, 0) is 48.2 Å². The Bertz CT molecular complexity index is 1090. The molecule has 1 N–H and O–H groups in total. The molecule has 1 aliphatic heterocycles. The zero-order chi connectivity index (χ0) is 22.7. The Morgan fingerprint density at radius 1 is 1.06 bits per heavy atom. The molecule has 0 saturated heterocycles. The Balaban J connectivity index is 1.38. The first-order chi connectivity index (χ1) is 15.3. The summed E-state index contributed by atoms with van der Waals surface area (Å²) in [5.74, 6) is -1.81. The molecule has 7 heteroatoms. The summed E-state index contributed by atoms with van der Waals surface area (Å²) >= 11 is 0. The Kier molecular flexibility index (Phi) is 6.28. The fourth-order valence-electron chi connectivity index (χ4n) is 3.91. The minimum absolute atomic E-state index is 0.0197. The number of furan rings is 1. The molecule has 4 rings (SSSR count). The third kappa shape index (κ3) is 5.34. The number of fused-ring (bicyclic) bond motifs is 1. The van der Waals surface area contributed by atoms with Crippen molar-refractivity contribution in [2.24, 2.45) is 0 Å². The zero-order valence-corrected chi connectivity index (χ0v) is 17.8. The smallest absolute Gasteiger partial charge is 0.341 e. The molecular formula is C25H25F2NO4. The van der Waals surface area contributed by atoms with Crippen LogP contribution in [-0.4, -0.2) is 35.7 Å². The summed E-state index contributed by atoms with van der Waals surface area (Å²) < 4.78 is 38.1. The van der Waals surface area contributed by atoms with E-state index in [1.54, 1.807) is 12.1 Å². The lowest BCUT2D eigenvalue weighted by Crippen LogP contribution is -2.25. The van der Waals surface area contributed by atoms with Crippen molar-refractivity contribution in [3.8, 4) is 17.1 Å². The molecule has 1 aliphatic rings. The van der Waals surface area contributed by atoms with E-state index in [1.807, 2.05) is 30.3 Å². The summed E-state index contributed by atoms with van der Waals surface area (Å²) in [6.45, 7) is 2.90. The largest absolute Gasteiger partial charge is 0.482 e. The molecule has 0 radical (unpaired) electrons. The van der Waals surface area contributed by atoms with Crippen molar-refractivity contribution in [2.75, 3.05) is 19.7 Å². The van der Waals surface area contributed by atoms with Crippen LogP contribution >= 0.6 is 0 Å². The number of rotatable bonds is 7. The summed E-state index contributed by atoms with van der Waals surface area (Å²) in [4.78, 5) is 13.0. The molecule has 0 bridgehead atoms. The van der Waals surface area contributed by atoms with E-state index in [4.69, 9.17) is 14.3 Å². The van der Waals surface area contributed by atoms with Crippen LogP contribution in [0.15, 0.2) is 59.0 Å². The third-order valence-corrected chi connectivity index (χ3v) is 5.65. The number of halogens is 2. The van der Waals surface area contributed by atoms with Crippen LogP contribution in [0.3, 0.4) is 0 Å². The molecule has 168 valence electrons. The highest BCUT2D eigenvalue weighted by molar-refractivity contribution is 5.68. The number of carbonyl (C=O) groups is 1. The number of hydrogen-bond donors (Lipinski definition) is 1. The highest BCUT2D eigenvalue weighted by Crippen LogP contribution is 2.30. The minimum atomic E-state index is -2.86. The van der Waals surface area contributed by atoms with Crippen LogP contribution in [-0.2, 0) is 30.1 Å². The first-order valence-corrected chi connectivity index (χ1v) is 10.5. The first-order valence-electron chi connectivity index (χ1n) is 10.5. The van der Waals surface area contributed by atoms with E-state index < -0.39 is 11.9 Å². The van der Waals surface area contributed by atoms with E-state index in [-0.39, 0.29) is 12.2 Å². The van der Waals surface area contributed by atoms with E-state index in [2.05, 4.69) is 4.90 Å². The van der Waals surface area contributed by atoms with Gasteiger partial charge in [-0.3, -0.25) is 4.90 Å². The van der Waals surface area contributed by atoms with Gasteiger partial charge in [0.05, 0.1) is 6.54 Å². The zero-order valence-electron chi connectivity index (χ0n) is 17.8. The molecule has 0 unspecified atom stereocenters. The molecule has 2 aromatic carbocycles. The monoisotopic (exact) mass is 441 g/mol. The minimum Gasteiger partial charge on any atom is -0.482 e. The van der Waals surface area contributed by atoms with E-state index >= 15 is 0 Å². The van der Waals surface area contributed by atoms with Crippen LogP contribution in [0.4, 0.5) is 8.78 Å². The predicted molar refractivity (Wildman–Crippen MR) is 116 cm³/mol. The third-order valence-electron chi connectivity index (χ3n) is 5.65. The molecular weight excluding hydrogens is 416 g/mol. The van der Waals surface area contributed by atoms with Crippen molar-refractivity contribution in [1.29, 1.82) is 0 Å². The van der Waals surface area contributed by atoms with Crippen molar-refractivity contribution in [1.82, 2.24) is 4.90 Å². The highest BCUT2D eigenvalue weighted by atomic mass is 19.3. The second kappa shape index (κ2) is 9.12. The average Bonchev–Trinajstić information content (AvgIpc) is 3.13. The summed E-state index contributed by atoms with van der Waals surface area (Å²) in [7, 11) is 0. The normalized spacial score (nSPS) is 14.6. The lowest BCUT2D eigenvalue weighted by Gasteiger charge is -2.18. The molecule has 0 saturated carbocycles. The van der Waals surface area contributed by atoms with Gasteiger partial charge in [-0.25, -0.2) is 13.6 Å². The van der Waals surface area contributed by atoms with Crippen LogP contribution in [0.1, 0.15) is 29.4 Å². The number of carboxylic acid groups (broad SMARTS) is 1. The van der Waals surface area contributed by atoms with Gasteiger partial charge in [-0.2, -0.15) is 0 Å². The van der Waals surface area contributed by atoms with Gasteiger partial charge in [0.15, 0.2) is 6.61 Å². The van der Waals surface area contributed by atoms with Gasteiger partial charge in [-0.15, -0.1) is 0 Å². The molecule has 0 fully saturated rings.